The summed E-state index contributed by atoms with van der Waals surface area (Å²) in [5.74, 6) is 1.93. The summed E-state index contributed by atoms with van der Waals surface area (Å²) in [5, 5.41) is 3.62. The zero-order chi connectivity index (χ0) is 14.2. The Morgan fingerprint density at radius 1 is 1.25 bits per heavy atom. The third kappa shape index (κ3) is 2.85. The van der Waals surface area contributed by atoms with Gasteiger partial charge in [-0.05, 0) is 72.2 Å². The van der Waals surface area contributed by atoms with Crippen LogP contribution in [0.2, 0.25) is 0 Å². The molecule has 0 aliphatic heterocycles. The van der Waals surface area contributed by atoms with Crippen molar-refractivity contribution < 1.29 is 0 Å². The lowest BCUT2D eigenvalue weighted by Gasteiger charge is -2.33. The number of nitrogens with one attached hydrogen (secondary N) is 1. The highest BCUT2D eigenvalue weighted by molar-refractivity contribution is 9.10. The van der Waals surface area contributed by atoms with Crippen molar-refractivity contribution in [2.75, 3.05) is 5.32 Å². The molecule has 0 radical (unpaired) electrons. The van der Waals surface area contributed by atoms with Crippen molar-refractivity contribution in [2.24, 2.45) is 11.3 Å². The van der Waals surface area contributed by atoms with Gasteiger partial charge in [-0.1, -0.05) is 13.8 Å². The molecule has 4 heteroatoms. The summed E-state index contributed by atoms with van der Waals surface area (Å²) in [6, 6.07) is 0.574. The minimum absolute atomic E-state index is 0.574. The molecule has 0 amide bonds. The van der Waals surface area contributed by atoms with Crippen molar-refractivity contribution >= 4 is 21.7 Å². The van der Waals surface area contributed by atoms with E-state index in [1.807, 2.05) is 0 Å². The highest BCUT2D eigenvalue weighted by atomic mass is 79.9. The second-order valence-corrected chi connectivity index (χ2v) is 7.48. The Kier molecular flexibility index (Phi) is 4.02. The molecule has 1 aromatic heterocycles. The van der Waals surface area contributed by atoms with Crippen LogP contribution in [0.15, 0.2) is 10.8 Å². The Morgan fingerprint density at radius 3 is 2.55 bits per heavy atom. The monoisotopic (exact) mass is 337 g/mol. The van der Waals surface area contributed by atoms with Gasteiger partial charge >= 0.3 is 0 Å². The van der Waals surface area contributed by atoms with Crippen LogP contribution < -0.4 is 5.32 Å². The third-order valence-electron chi connectivity index (χ3n) is 5.29. The number of nitrogens with zero attached hydrogens (tertiary/aromatic N) is 2. The first kappa shape index (κ1) is 14.3. The van der Waals surface area contributed by atoms with E-state index in [9.17, 15) is 0 Å². The molecule has 0 saturated heterocycles. The SMILES string of the molecule is CCc1ncnc(N[C@H]2CC[C@@H](C3(C)CC3)CC2)c1Br. The molecule has 0 atom stereocenters. The van der Waals surface area contributed by atoms with Gasteiger partial charge in [0.1, 0.15) is 12.1 Å². The highest BCUT2D eigenvalue weighted by Crippen LogP contribution is 2.55. The number of hydrogen-bond acceptors (Lipinski definition) is 3. The topological polar surface area (TPSA) is 37.8 Å². The minimum Gasteiger partial charge on any atom is -0.366 e. The maximum Gasteiger partial charge on any atom is 0.144 e. The molecule has 1 aromatic rings. The van der Waals surface area contributed by atoms with E-state index in [-0.39, 0.29) is 0 Å². The van der Waals surface area contributed by atoms with Crippen LogP contribution in [0.4, 0.5) is 5.82 Å². The molecular formula is C16H24BrN3. The summed E-state index contributed by atoms with van der Waals surface area (Å²) in [6.07, 6.45) is 10.8. The lowest BCUT2D eigenvalue weighted by atomic mass is 9.77. The molecule has 110 valence electrons. The number of aryl methyl sites for hydroxylation is 1. The lowest BCUT2D eigenvalue weighted by Crippen LogP contribution is -2.29. The molecule has 20 heavy (non-hydrogen) atoms. The quantitative estimate of drug-likeness (QED) is 0.874. The molecule has 1 N–H and O–H groups in total. The molecule has 2 aliphatic carbocycles. The molecule has 3 nitrogen and oxygen atoms in total. The van der Waals surface area contributed by atoms with Crippen LogP contribution in [0.25, 0.3) is 0 Å². The van der Waals surface area contributed by atoms with Gasteiger partial charge in [-0.25, -0.2) is 9.97 Å². The van der Waals surface area contributed by atoms with E-state index >= 15 is 0 Å². The smallest absolute Gasteiger partial charge is 0.144 e. The van der Waals surface area contributed by atoms with Gasteiger partial charge in [-0.2, -0.15) is 0 Å². The largest absolute Gasteiger partial charge is 0.366 e. The number of rotatable bonds is 4. The van der Waals surface area contributed by atoms with E-state index in [1.165, 1.54) is 38.5 Å². The van der Waals surface area contributed by atoms with Crippen molar-refractivity contribution in [1.82, 2.24) is 9.97 Å². The fraction of sp³-hybridized carbons (Fsp3) is 0.750. The molecule has 2 saturated carbocycles. The maximum absolute atomic E-state index is 4.39. The Morgan fingerprint density at radius 2 is 1.95 bits per heavy atom. The van der Waals surface area contributed by atoms with Crippen molar-refractivity contribution in [2.45, 2.75) is 64.8 Å². The predicted molar refractivity (Wildman–Crippen MR) is 85.8 cm³/mol. The summed E-state index contributed by atoms with van der Waals surface area (Å²) in [5.41, 5.74) is 1.78. The molecular weight excluding hydrogens is 314 g/mol. The average molecular weight is 338 g/mol. The van der Waals surface area contributed by atoms with E-state index in [4.69, 9.17) is 0 Å². The number of halogens is 1. The molecule has 0 unspecified atom stereocenters. The van der Waals surface area contributed by atoms with Crippen molar-refractivity contribution in [1.29, 1.82) is 0 Å². The van der Waals surface area contributed by atoms with Crippen LogP contribution in [-0.2, 0) is 6.42 Å². The second kappa shape index (κ2) is 5.63. The van der Waals surface area contributed by atoms with E-state index in [0.29, 0.717) is 11.5 Å². The van der Waals surface area contributed by atoms with Gasteiger partial charge < -0.3 is 5.32 Å². The van der Waals surface area contributed by atoms with Crippen LogP contribution in [0, 0.1) is 11.3 Å². The van der Waals surface area contributed by atoms with Crippen LogP contribution in [0.1, 0.15) is 58.1 Å². The molecule has 0 spiro atoms. The van der Waals surface area contributed by atoms with Gasteiger partial charge in [-0.15, -0.1) is 0 Å². The van der Waals surface area contributed by atoms with E-state index in [0.717, 1.165) is 28.3 Å². The molecule has 0 bridgehead atoms. The number of aromatic nitrogens is 2. The number of anilines is 1. The van der Waals surface area contributed by atoms with Gasteiger partial charge in [-0.3, -0.25) is 0 Å². The second-order valence-electron chi connectivity index (χ2n) is 6.68. The molecule has 0 aromatic carbocycles. The van der Waals surface area contributed by atoms with Crippen LogP contribution in [0.5, 0.6) is 0 Å². The van der Waals surface area contributed by atoms with Crippen LogP contribution in [0.3, 0.4) is 0 Å². The van der Waals surface area contributed by atoms with Gasteiger partial charge in [0.25, 0.3) is 0 Å². The summed E-state index contributed by atoms with van der Waals surface area (Å²) >= 11 is 3.63. The van der Waals surface area contributed by atoms with Crippen LogP contribution >= 0.6 is 15.9 Å². The van der Waals surface area contributed by atoms with E-state index in [1.54, 1.807) is 6.33 Å². The predicted octanol–water partition coefficient (Wildman–Crippen LogP) is 4.57. The summed E-state index contributed by atoms with van der Waals surface area (Å²) in [6.45, 7) is 4.60. The molecule has 2 fully saturated rings. The first-order valence-corrected chi connectivity index (χ1v) is 8.67. The Hall–Kier alpha value is -0.640. The third-order valence-corrected chi connectivity index (χ3v) is 6.12. The van der Waals surface area contributed by atoms with Gasteiger partial charge in [0, 0.05) is 6.04 Å². The van der Waals surface area contributed by atoms with E-state index < -0.39 is 0 Å². The fourth-order valence-electron chi connectivity index (χ4n) is 3.49. The van der Waals surface area contributed by atoms with E-state index in [2.05, 4.69) is 45.1 Å². The lowest BCUT2D eigenvalue weighted by molar-refractivity contribution is 0.235. The molecule has 2 aliphatic rings. The summed E-state index contributed by atoms with van der Waals surface area (Å²) in [7, 11) is 0. The van der Waals surface area contributed by atoms with Gasteiger partial charge in [0.05, 0.1) is 10.2 Å². The Bertz CT molecular complexity index is 477. The first-order chi connectivity index (χ1) is 9.62. The van der Waals surface area contributed by atoms with Crippen molar-refractivity contribution in [3.8, 4) is 0 Å². The zero-order valence-corrected chi connectivity index (χ0v) is 14.0. The first-order valence-electron chi connectivity index (χ1n) is 7.88. The summed E-state index contributed by atoms with van der Waals surface area (Å²) < 4.78 is 1.04. The van der Waals surface area contributed by atoms with Gasteiger partial charge in [0.2, 0.25) is 0 Å². The van der Waals surface area contributed by atoms with Crippen molar-refractivity contribution in [3.05, 3.63) is 16.5 Å². The molecule has 3 rings (SSSR count). The van der Waals surface area contributed by atoms with Crippen LogP contribution in [-0.4, -0.2) is 16.0 Å². The minimum atomic E-state index is 0.574. The maximum atomic E-state index is 4.39. The van der Waals surface area contributed by atoms with Gasteiger partial charge in [0.15, 0.2) is 0 Å². The number of hydrogen-bond donors (Lipinski definition) is 1. The normalized spacial score (nSPS) is 28.1. The molecule has 1 heterocycles. The average Bonchev–Trinajstić information content (AvgIpc) is 3.21. The summed E-state index contributed by atoms with van der Waals surface area (Å²) in [4.78, 5) is 8.70. The highest BCUT2D eigenvalue weighted by Gasteiger charge is 2.45. The fourth-order valence-corrected chi connectivity index (χ4v) is 4.09. The van der Waals surface area contributed by atoms with Crippen molar-refractivity contribution in [3.63, 3.8) is 0 Å². The standard InChI is InChI=1S/C16H24BrN3/c1-3-13-14(17)15(19-10-18-13)20-12-6-4-11(5-7-12)16(2)8-9-16/h10-12H,3-9H2,1-2H3,(H,18,19,20)/t11-,12+. The Labute approximate surface area is 130 Å². The Balaban J connectivity index is 1.59. The zero-order valence-electron chi connectivity index (χ0n) is 12.5.